The normalized spacial score (nSPS) is 28.2. The predicted molar refractivity (Wildman–Crippen MR) is 78.6 cm³/mol. The summed E-state index contributed by atoms with van der Waals surface area (Å²) in [6, 6.07) is 0.413. The Morgan fingerprint density at radius 2 is 2.11 bits per heavy atom. The summed E-state index contributed by atoms with van der Waals surface area (Å²) in [6.07, 6.45) is 1.17. The molecule has 18 heavy (non-hydrogen) atoms. The van der Waals surface area contributed by atoms with E-state index in [0.29, 0.717) is 18.5 Å². The molecule has 0 bridgehead atoms. The minimum absolute atomic E-state index is 0.413. The van der Waals surface area contributed by atoms with Gasteiger partial charge in [0.25, 0.3) is 0 Å². The molecule has 1 aliphatic rings. The summed E-state index contributed by atoms with van der Waals surface area (Å²) in [5.74, 6) is 1.67. The molecule has 0 radical (unpaired) electrons. The average molecular weight is 293 g/mol. The lowest BCUT2D eigenvalue weighted by Crippen LogP contribution is -2.46. The summed E-state index contributed by atoms with van der Waals surface area (Å²) in [7, 11) is -3.20. The zero-order valence-electron chi connectivity index (χ0n) is 11.6. The third-order valence-electron chi connectivity index (χ3n) is 2.77. The zero-order valence-corrected chi connectivity index (χ0v) is 13.3. The molecule has 1 rings (SSSR count). The number of nitrogens with one attached hydrogen (secondary N) is 2. The molecule has 2 atom stereocenters. The van der Waals surface area contributed by atoms with Crippen molar-refractivity contribution < 1.29 is 8.42 Å². The summed E-state index contributed by atoms with van der Waals surface area (Å²) >= 11 is 1.70. The van der Waals surface area contributed by atoms with Crippen LogP contribution in [0.25, 0.3) is 0 Å². The first-order chi connectivity index (χ1) is 8.09. The predicted octanol–water partition coefficient (Wildman–Crippen LogP) is 1.03. The molecule has 0 aromatic carbocycles. The van der Waals surface area contributed by atoms with E-state index in [4.69, 9.17) is 0 Å². The van der Waals surface area contributed by atoms with E-state index in [2.05, 4.69) is 28.9 Å². The molecular weight excluding hydrogens is 270 g/mol. The van der Waals surface area contributed by atoms with E-state index < -0.39 is 15.6 Å². The van der Waals surface area contributed by atoms with Crippen molar-refractivity contribution in [3.05, 3.63) is 0 Å². The summed E-state index contributed by atoms with van der Waals surface area (Å²) < 4.78 is 25.0. The quantitative estimate of drug-likeness (QED) is 0.812. The maximum absolute atomic E-state index is 11.2. The maximum atomic E-state index is 11.2. The van der Waals surface area contributed by atoms with Crippen LogP contribution in [0.3, 0.4) is 0 Å². The van der Waals surface area contributed by atoms with Gasteiger partial charge < -0.3 is 5.32 Å². The Morgan fingerprint density at radius 1 is 1.50 bits per heavy atom. The first-order valence-corrected chi connectivity index (χ1v) is 8.89. The average Bonchev–Trinajstić information content (AvgIpc) is 2.16. The molecule has 2 N–H and O–H groups in total. The number of sulfonamides is 1. The lowest BCUT2D eigenvalue weighted by molar-refractivity contribution is 0.461. The summed E-state index contributed by atoms with van der Waals surface area (Å²) in [6.45, 7) is 8.43. The SMILES string of the molecule is CC1CSC(=NCC(C)(C)NS(C)(=O)=O)NC1C. The van der Waals surface area contributed by atoms with Gasteiger partial charge in [-0.15, -0.1) is 0 Å². The van der Waals surface area contributed by atoms with Crippen LogP contribution in [-0.2, 0) is 10.0 Å². The van der Waals surface area contributed by atoms with Gasteiger partial charge in [0.1, 0.15) is 0 Å². The summed E-state index contributed by atoms with van der Waals surface area (Å²) in [5.41, 5.74) is -0.560. The molecule has 5 nitrogen and oxygen atoms in total. The number of aliphatic imine (C=N–C) groups is 1. The fourth-order valence-corrected chi connectivity index (χ4v) is 3.83. The minimum atomic E-state index is -3.20. The van der Waals surface area contributed by atoms with Gasteiger partial charge in [0, 0.05) is 17.3 Å². The lowest BCUT2D eigenvalue weighted by Gasteiger charge is -2.29. The van der Waals surface area contributed by atoms with E-state index in [-0.39, 0.29) is 0 Å². The summed E-state index contributed by atoms with van der Waals surface area (Å²) in [5, 5.41) is 4.24. The monoisotopic (exact) mass is 293 g/mol. The van der Waals surface area contributed by atoms with E-state index in [9.17, 15) is 8.42 Å². The van der Waals surface area contributed by atoms with E-state index in [1.807, 2.05) is 13.8 Å². The molecule has 1 fully saturated rings. The number of thioether (sulfide) groups is 1. The van der Waals surface area contributed by atoms with Crippen molar-refractivity contribution >= 4 is 27.0 Å². The molecule has 0 spiro atoms. The largest absolute Gasteiger partial charge is 0.362 e. The highest BCUT2D eigenvalue weighted by molar-refractivity contribution is 8.13. The second kappa shape index (κ2) is 5.79. The van der Waals surface area contributed by atoms with Crippen LogP contribution in [-0.4, -0.2) is 43.7 Å². The molecule has 1 heterocycles. The van der Waals surface area contributed by atoms with E-state index >= 15 is 0 Å². The molecule has 1 saturated heterocycles. The van der Waals surface area contributed by atoms with Crippen molar-refractivity contribution in [1.29, 1.82) is 0 Å². The second-order valence-electron chi connectivity index (χ2n) is 5.60. The molecule has 106 valence electrons. The van der Waals surface area contributed by atoms with Crippen molar-refractivity contribution in [1.82, 2.24) is 10.0 Å². The number of hydrogen-bond donors (Lipinski definition) is 2. The van der Waals surface area contributed by atoms with Gasteiger partial charge in [-0.1, -0.05) is 18.7 Å². The molecular formula is C11H23N3O2S2. The van der Waals surface area contributed by atoms with Crippen molar-refractivity contribution in [2.75, 3.05) is 18.6 Å². The van der Waals surface area contributed by atoms with Crippen LogP contribution in [0.1, 0.15) is 27.7 Å². The molecule has 0 aromatic rings. The third-order valence-corrected chi connectivity index (χ3v) is 4.90. The van der Waals surface area contributed by atoms with Crippen LogP contribution in [0.5, 0.6) is 0 Å². The number of rotatable bonds is 4. The molecule has 1 aliphatic heterocycles. The van der Waals surface area contributed by atoms with Crippen molar-refractivity contribution in [3.8, 4) is 0 Å². The van der Waals surface area contributed by atoms with E-state index in [0.717, 1.165) is 10.9 Å². The van der Waals surface area contributed by atoms with Gasteiger partial charge in [-0.2, -0.15) is 0 Å². The van der Waals surface area contributed by atoms with Gasteiger partial charge in [0.05, 0.1) is 12.8 Å². The van der Waals surface area contributed by atoms with Crippen LogP contribution in [0.4, 0.5) is 0 Å². The van der Waals surface area contributed by atoms with Crippen LogP contribution in [0.2, 0.25) is 0 Å². The zero-order chi connectivity index (χ0) is 14.0. The van der Waals surface area contributed by atoms with Gasteiger partial charge >= 0.3 is 0 Å². The van der Waals surface area contributed by atoms with Gasteiger partial charge in [0.2, 0.25) is 10.0 Å². The Hall–Kier alpha value is -0.270. The van der Waals surface area contributed by atoms with Crippen molar-refractivity contribution in [2.24, 2.45) is 10.9 Å². The highest BCUT2D eigenvalue weighted by Gasteiger charge is 2.24. The lowest BCUT2D eigenvalue weighted by atomic mass is 10.1. The van der Waals surface area contributed by atoms with Gasteiger partial charge in [-0.05, 0) is 26.7 Å². The maximum Gasteiger partial charge on any atom is 0.209 e. The van der Waals surface area contributed by atoms with E-state index in [1.54, 1.807) is 11.8 Å². The molecule has 0 aliphatic carbocycles. The van der Waals surface area contributed by atoms with Gasteiger partial charge in [-0.3, -0.25) is 4.99 Å². The molecule has 7 heteroatoms. The Labute approximate surface area is 114 Å². The minimum Gasteiger partial charge on any atom is -0.362 e. The van der Waals surface area contributed by atoms with Crippen LogP contribution < -0.4 is 10.0 Å². The van der Waals surface area contributed by atoms with Crippen LogP contribution in [0, 0.1) is 5.92 Å². The second-order valence-corrected chi connectivity index (χ2v) is 8.36. The molecule has 0 aromatic heterocycles. The van der Waals surface area contributed by atoms with Crippen LogP contribution >= 0.6 is 11.8 Å². The topological polar surface area (TPSA) is 70.6 Å². The fraction of sp³-hybridized carbons (Fsp3) is 0.909. The van der Waals surface area contributed by atoms with Crippen molar-refractivity contribution in [2.45, 2.75) is 39.3 Å². The van der Waals surface area contributed by atoms with E-state index in [1.165, 1.54) is 6.26 Å². The smallest absolute Gasteiger partial charge is 0.209 e. The highest BCUT2D eigenvalue weighted by atomic mass is 32.2. The Bertz CT molecular complexity index is 418. The summed E-state index contributed by atoms with van der Waals surface area (Å²) in [4.78, 5) is 4.47. The van der Waals surface area contributed by atoms with Gasteiger partial charge in [0.15, 0.2) is 5.17 Å². The van der Waals surface area contributed by atoms with Crippen molar-refractivity contribution in [3.63, 3.8) is 0 Å². The first-order valence-electron chi connectivity index (χ1n) is 6.02. The fourth-order valence-electron chi connectivity index (χ4n) is 1.63. The number of hydrogen-bond acceptors (Lipinski definition) is 4. The molecule has 2 unspecified atom stereocenters. The number of amidine groups is 1. The number of nitrogens with zero attached hydrogens (tertiary/aromatic N) is 1. The third kappa shape index (κ3) is 5.58. The first kappa shape index (κ1) is 15.8. The Morgan fingerprint density at radius 3 is 2.61 bits per heavy atom. The molecule has 0 saturated carbocycles. The Balaban J connectivity index is 2.58. The van der Waals surface area contributed by atoms with Gasteiger partial charge in [-0.25, -0.2) is 13.1 Å². The standard InChI is InChI=1S/C11H23N3O2S2/c1-8-6-17-10(13-9(8)2)12-7-11(3,4)14-18(5,15)16/h8-9,14H,6-7H2,1-5H3,(H,12,13). The molecule has 0 amide bonds. The van der Waals surface area contributed by atoms with Crippen LogP contribution in [0.15, 0.2) is 4.99 Å². The Kier molecular flexibility index (Phi) is 5.08. The highest BCUT2D eigenvalue weighted by Crippen LogP contribution is 2.19.